The van der Waals surface area contributed by atoms with Crippen LogP contribution in [0, 0.1) is 0 Å². The Balaban J connectivity index is 1.76. The topological polar surface area (TPSA) is 113 Å². The molecule has 0 radical (unpaired) electrons. The van der Waals surface area contributed by atoms with Crippen molar-refractivity contribution in [1.29, 1.82) is 0 Å². The van der Waals surface area contributed by atoms with Gasteiger partial charge in [-0.25, -0.2) is 14.7 Å². The molecule has 9 nitrogen and oxygen atoms in total. The Morgan fingerprint density at radius 3 is 2.60 bits per heavy atom. The van der Waals surface area contributed by atoms with Crippen molar-refractivity contribution < 1.29 is 41.7 Å². The minimum absolute atomic E-state index is 0.148. The van der Waals surface area contributed by atoms with Crippen molar-refractivity contribution in [3.05, 3.63) is 23.9 Å². The Hall–Kier alpha value is -3.31. The van der Waals surface area contributed by atoms with Gasteiger partial charge in [-0.1, -0.05) is 10.3 Å². The molecule has 3 rings (SSSR count). The number of esters is 2. The number of nitrogens with zero attached hydrogens (tertiary/aromatic N) is 2. The highest BCUT2D eigenvalue weighted by Crippen LogP contribution is 2.35. The van der Waals surface area contributed by atoms with Gasteiger partial charge in [0, 0.05) is 6.07 Å². The van der Waals surface area contributed by atoms with Gasteiger partial charge in [0.05, 0.1) is 0 Å². The molecule has 132 valence electrons. The van der Waals surface area contributed by atoms with Crippen LogP contribution in [0.1, 0.15) is 10.5 Å². The van der Waals surface area contributed by atoms with Gasteiger partial charge in [-0.2, -0.15) is 13.2 Å². The number of ether oxygens (including phenoxy) is 4. The summed E-state index contributed by atoms with van der Waals surface area (Å²) in [5.41, 5.74) is -0.660. The molecule has 12 heteroatoms. The third-order valence-electron chi connectivity index (χ3n) is 2.87. The second-order valence-corrected chi connectivity index (χ2v) is 4.57. The van der Waals surface area contributed by atoms with Gasteiger partial charge in [0.2, 0.25) is 5.69 Å². The smallest absolute Gasteiger partial charge is 0.486 e. The summed E-state index contributed by atoms with van der Waals surface area (Å²) in [6.07, 6.45) is -5.32. The molecule has 0 spiro atoms. The van der Waals surface area contributed by atoms with Gasteiger partial charge in [-0.15, -0.1) is 0 Å². The first kappa shape index (κ1) is 16.5. The van der Waals surface area contributed by atoms with Crippen LogP contribution in [0.4, 0.5) is 13.2 Å². The molecule has 1 aliphatic rings. The molecule has 0 fully saturated rings. The van der Waals surface area contributed by atoms with Crippen LogP contribution in [0.5, 0.6) is 23.1 Å². The minimum Gasteiger partial charge on any atom is -0.486 e. The average Bonchev–Trinajstić information content (AvgIpc) is 3.02. The molecule has 0 saturated carbocycles. The van der Waals surface area contributed by atoms with Crippen LogP contribution < -0.4 is 14.2 Å². The summed E-state index contributed by atoms with van der Waals surface area (Å²) < 4.78 is 56.0. The Morgan fingerprint density at radius 2 is 1.88 bits per heavy atom. The molecule has 0 aliphatic carbocycles. The third kappa shape index (κ3) is 3.62. The number of benzene rings is 1. The monoisotopic (exact) mass is 359 g/mol. The standard InChI is InChI=1S/C13H8F3N3O6/c14-13(15,16)12(21)25-11(20)9-10(18-19-17-9)24-6-1-2-7-8(5-6)23-4-3-22-7/h1-2,5H,3-4H2,(H,17,18,19). The second-order valence-electron chi connectivity index (χ2n) is 4.57. The summed E-state index contributed by atoms with van der Waals surface area (Å²) >= 11 is 0. The number of carbonyl (C=O) groups excluding carboxylic acids is 2. The van der Waals surface area contributed by atoms with Gasteiger partial charge < -0.3 is 18.9 Å². The Morgan fingerprint density at radius 1 is 1.16 bits per heavy atom. The highest BCUT2D eigenvalue weighted by molar-refractivity contribution is 5.98. The minimum atomic E-state index is -5.32. The van der Waals surface area contributed by atoms with E-state index in [2.05, 4.69) is 15.0 Å². The molecule has 2 heterocycles. The molecule has 1 aliphatic heterocycles. The van der Waals surface area contributed by atoms with Gasteiger partial charge >= 0.3 is 18.1 Å². The van der Waals surface area contributed by atoms with Gasteiger partial charge in [-0.3, -0.25) is 0 Å². The zero-order valence-electron chi connectivity index (χ0n) is 12.1. The van der Waals surface area contributed by atoms with E-state index >= 15 is 0 Å². The van der Waals surface area contributed by atoms with Crippen LogP contribution in [0.3, 0.4) is 0 Å². The number of H-pyrrole nitrogens is 1. The molecule has 1 N–H and O–H groups in total. The van der Waals surface area contributed by atoms with E-state index in [0.717, 1.165) is 0 Å². The van der Waals surface area contributed by atoms with Crippen LogP contribution in [-0.2, 0) is 9.53 Å². The van der Waals surface area contributed by atoms with Gasteiger partial charge in [0.15, 0.2) is 11.5 Å². The fourth-order valence-electron chi connectivity index (χ4n) is 1.81. The molecule has 0 atom stereocenters. The molecule has 0 saturated heterocycles. The largest absolute Gasteiger partial charge is 0.491 e. The molecule has 1 aromatic carbocycles. The lowest BCUT2D eigenvalue weighted by molar-refractivity contribution is -0.193. The van der Waals surface area contributed by atoms with Crippen LogP contribution in [0.25, 0.3) is 0 Å². The number of carbonyl (C=O) groups is 2. The van der Waals surface area contributed by atoms with Crippen LogP contribution >= 0.6 is 0 Å². The lowest BCUT2D eigenvalue weighted by atomic mass is 10.3. The number of hydrogen-bond donors (Lipinski definition) is 1. The van der Waals surface area contributed by atoms with Crippen molar-refractivity contribution in [3.8, 4) is 23.1 Å². The number of hydrogen-bond acceptors (Lipinski definition) is 8. The summed E-state index contributed by atoms with van der Waals surface area (Å²) in [4.78, 5) is 22.3. The summed E-state index contributed by atoms with van der Waals surface area (Å²) in [5.74, 6) is -3.78. The van der Waals surface area contributed by atoms with Crippen molar-refractivity contribution in [2.24, 2.45) is 0 Å². The number of alkyl halides is 3. The Bertz CT molecular complexity index is 820. The molecule has 0 bridgehead atoms. The fraction of sp³-hybridized carbons (Fsp3) is 0.231. The normalized spacial score (nSPS) is 13.2. The number of nitrogens with one attached hydrogen (secondary N) is 1. The number of rotatable bonds is 3. The second kappa shape index (κ2) is 6.30. The van der Waals surface area contributed by atoms with E-state index in [-0.39, 0.29) is 5.75 Å². The Labute approximate surface area is 136 Å². The maximum atomic E-state index is 12.1. The lowest BCUT2D eigenvalue weighted by Crippen LogP contribution is -2.28. The summed E-state index contributed by atoms with van der Waals surface area (Å²) in [5, 5.41) is 8.68. The van der Waals surface area contributed by atoms with E-state index in [1.807, 2.05) is 5.10 Å². The zero-order chi connectivity index (χ0) is 18.0. The molecule has 0 unspecified atom stereocenters. The zero-order valence-corrected chi connectivity index (χ0v) is 12.1. The first-order chi connectivity index (χ1) is 11.8. The number of aromatic amines is 1. The van der Waals surface area contributed by atoms with Gasteiger partial charge in [0.25, 0.3) is 5.88 Å². The van der Waals surface area contributed by atoms with E-state index in [4.69, 9.17) is 14.2 Å². The lowest BCUT2D eigenvalue weighted by Gasteiger charge is -2.18. The van der Waals surface area contributed by atoms with Crippen molar-refractivity contribution >= 4 is 11.9 Å². The van der Waals surface area contributed by atoms with E-state index in [1.54, 1.807) is 0 Å². The summed E-state index contributed by atoms with van der Waals surface area (Å²) in [7, 11) is 0. The summed E-state index contributed by atoms with van der Waals surface area (Å²) in [6, 6.07) is 4.42. The van der Waals surface area contributed by atoms with E-state index in [9.17, 15) is 22.8 Å². The molecule has 25 heavy (non-hydrogen) atoms. The van der Waals surface area contributed by atoms with Gasteiger partial charge in [0.1, 0.15) is 19.0 Å². The first-order valence-corrected chi connectivity index (χ1v) is 6.66. The van der Waals surface area contributed by atoms with Crippen molar-refractivity contribution in [1.82, 2.24) is 15.4 Å². The Kier molecular flexibility index (Phi) is 4.17. The average molecular weight is 359 g/mol. The maximum Gasteiger partial charge on any atom is 0.491 e. The number of halogens is 3. The number of fused-ring (bicyclic) bond motifs is 1. The van der Waals surface area contributed by atoms with Crippen molar-refractivity contribution in [3.63, 3.8) is 0 Å². The highest BCUT2D eigenvalue weighted by Gasteiger charge is 2.43. The predicted molar refractivity (Wildman–Crippen MR) is 70.4 cm³/mol. The van der Waals surface area contributed by atoms with E-state index in [0.29, 0.717) is 24.7 Å². The molecule has 1 aromatic heterocycles. The first-order valence-electron chi connectivity index (χ1n) is 6.66. The third-order valence-corrected chi connectivity index (χ3v) is 2.87. The van der Waals surface area contributed by atoms with Crippen molar-refractivity contribution in [2.45, 2.75) is 6.18 Å². The molecule has 0 amide bonds. The SMILES string of the molecule is O=C(OC(=O)C(F)(F)F)c1[nH]nnc1Oc1ccc2c(c1)OCCO2. The molecular formula is C13H8F3N3O6. The quantitative estimate of drug-likeness (QED) is 0.650. The highest BCUT2D eigenvalue weighted by atomic mass is 19.4. The van der Waals surface area contributed by atoms with Crippen LogP contribution in [-0.4, -0.2) is 46.7 Å². The fourth-order valence-corrected chi connectivity index (χ4v) is 1.81. The molecule has 2 aromatic rings. The number of aromatic nitrogens is 3. The van der Waals surface area contributed by atoms with E-state index < -0.39 is 29.7 Å². The van der Waals surface area contributed by atoms with Crippen molar-refractivity contribution in [2.75, 3.05) is 13.2 Å². The predicted octanol–water partition coefficient (Wildman–Crippen LogP) is 1.61. The van der Waals surface area contributed by atoms with Crippen LogP contribution in [0.15, 0.2) is 18.2 Å². The summed E-state index contributed by atoms with van der Waals surface area (Å²) in [6.45, 7) is 0.720. The van der Waals surface area contributed by atoms with E-state index in [1.165, 1.54) is 18.2 Å². The van der Waals surface area contributed by atoms with Crippen LogP contribution in [0.2, 0.25) is 0 Å². The maximum absolute atomic E-state index is 12.1. The molecular weight excluding hydrogens is 351 g/mol. The van der Waals surface area contributed by atoms with Gasteiger partial charge in [-0.05, 0) is 12.1 Å².